The smallest absolute Gasteiger partial charge is 0.326 e. The van der Waals surface area contributed by atoms with Gasteiger partial charge < -0.3 is 4.74 Å². The number of anilines is 1. The van der Waals surface area contributed by atoms with Crippen LogP contribution in [0, 0.1) is 0 Å². The van der Waals surface area contributed by atoms with Crippen LogP contribution in [-0.4, -0.2) is 30.3 Å². The Morgan fingerprint density at radius 1 is 1.37 bits per heavy atom. The molecule has 0 saturated carbocycles. The summed E-state index contributed by atoms with van der Waals surface area (Å²) in [6.45, 7) is 3.18. The fourth-order valence-corrected chi connectivity index (χ4v) is 2.47. The van der Waals surface area contributed by atoms with Gasteiger partial charge in [-0.15, -0.1) is 0 Å². The number of esters is 1. The minimum Gasteiger partial charge on any atom is -0.462 e. The average molecular weight is 326 g/mol. The minimum absolute atomic E-state index is 0.264. The Morgan fingerprint density at radius 2 is 2.05 bits per heavy atom. The van der Waals surface area contributed by atoms with Crippen molar-refractivity contribution in [3.63, 3.8) is 0 Å². The summed E-state index contributed by atoms with van der Waals surface area (Å²) in [5.41, 5.74) is 0.731. The van der Waals surface area contributed by atoms with Gasteiger partial charge in [0.1, 0.15) is 6.54 Å². The number of Topliss-reactive ketones (excluding diaryl/α,β-unsaturated/α-hetero) is 1. The Labute approximate surface area is 118 Å². The molecule has 100 valence electrons. The van der Waals surface area contributed by atoms with E-state index in [1.165, 1.54) is 0 Å². The maximum Gasteiger partial charge on any atom is 0.326 e. The SMILES string of the molecule is CC(C)OC(=O)CN1C(=O)C(=O)c2cccc(Br)c21. The summed E-state index contributed by atoms with van der Waals surface area (Å²) in [5.74, 6) is -1.85. The van der Waals surface area contributed by atoms with Gasteiger partial charge in [0.05, 0.1) is 17.4 Å². The van der Waals surface area contributed by atoms with Crippen molar-refractivity contribution in [3.05, 3.63) is 28.2 Å². The molecular weight excluding hydrogens is 314 g/mol. The number of benzene rings is 1. The van der Waals surface area contributed by atoms with Crippen LogP contribution in [0.1, 0.15) is 24.2 Å². The average Bonchev–Trinajstić information content (AvgIpc) is 2.55. The first-order chi connectivity index (χ1) is 8.91. The highest BCUT2D eigenvalue weighted by atomic mass is 79.9. The first kappa shape index (κ1) is 13.7. The standard InChI is InChI=1S/C13H12BrNO4/c1-7(2)19-10(16)6-15-11-8(12(17)13(15)18)4-3-5-9(11)14/h3-5,7H,6H2,1-2H3. The van der Waals surface area contributed by atoms with E-state index in [9.17, 15) is 14.4 Å². The highest BCUT2D eigenvalue weighted by Crippen LogP contribution is 2.35. The summed E-state index contributed by atoms with van der Waals surface area (Å²) in [5, 5.41) is 0. The number of ketones is 1. The van der Waals surface area contributed by atoms with Crippen LogP contribution in [0.15, 0.2) is 22.7 Å². The number of para-hydroxylation sites is 1. The van der Waals surface area contributed by atoms with Gasteiger partial charge in [0.25, 0.3) is 11.7 Å². The van der Waals surface area contributed by atoms with Crippen LogP contribution in [0.5, 0.6) is 0 Å². The van der Waals surface area contributed by atoms with Crippen LogP contribution < -0.4 is 4.90 Å². The molecule has 0 aliphatic carbocycles. The minimum atomic E-state index is -0.706. The van der Waals surface area contributed by atoms with Crippen molar-refractivity contribution in [2.24, 2.45) is 0 Å². The van der Waals surface area contributed by atoms with Gasteiger partial charge in [-0.3, -0.25) is 19.3 Å². The maximum atomic E-state index is 11.9. The predicted octanol–water partition coefficient (Wildman–Crippen LogP) is 1.93. The third-order valence-corrected chi connectivity index (χ3v) is 3.23. The summed E-state index contributed by atoms with van der Waals surface area (Å²) in [7, 11) is 0. The number of hydrogen-bond acceptors (Lipinski definition) is 4. The fourth-order valence-electron chi connectivity index (χ4n) is 1.89. The van der Waals surface area contributed by atoms with E-state index < -0.39 is 17.7 Å². The van der Waals surface area contributed by atoms with Gasteiger partial charge in [-0.25, -0.2) is 0 Å². The van der Waals surface area contributed by atoms with Gasteiger partial charge >= 0.3 is 5.97 Å². The molecule has 1 aliphatic heterocycles. The molecule has 0 fully saturated rings. The monoisotopic (exact) mass is 325 g/mol. The largest absolute Gasteiger partial charge is 0.462 e. The third kappa shape index (κ3) is 2.53. The highest BCUT2D eigenvalue weighted by Gasteiger charge is 2.38. The molecular formula is C13H12BrNO4. The molecule has 1 aliphatic rings. The van der Waals surface area contributed by atoms with E-state index in [1.807, 2.05) is 0 Å². The molecule has 0 bridgehead atoms. The lowest BCUT2D eigenvalue weighted by Crippen LogP contribution is -2.36. The number of rotatable bonds is 3. The van der Waals surface area contributed by atoms with Crippen LogP contribution in [0.2, 0.25) is 0 Å². The van der Waals surface area contributed by atoms with Crippen molar-refractivity contribution in [3.8, 4) is 0 Å². The molecule has 5 nitrogen and oxygen atoms in total. The topological polar surface area (TPSA) is 63.7 Å². The summed E-state index contributed by atoms with van der Waals surface area (Å²) in [6, 6.07) is 4.95. The summed E-state index contributed by atoms with van der Waals surface area (Å²) in [4.78, 5) is 36.5. The van der Waals surface area contributed by atoms with Gasteiger partial charge in [0, 0.05) is 4.47 Å². The number of carbonyl (C=O) groups is 3. The lowest BCUT2D eigenvalue weighted by Gasteiger charge is -2.17. The molecule has 1 amide bonds. The van der Waals surface area contributed by atoms with Gasteiger partial charge in [0.2, 0.25) is 0 Å². The van der Waals surface area contributed by atoms with E-state index in [1.54, 1.807) is 32.0 Å². The molecule has 0 radical (unpaired) electrons. The number of nitrogens with zero attached hydrogens (tertiary/aromatic N) is 1. The zero-order valence-corrected chi connectivity index (χ0v) is 12.1. The fraction of sp³-hybridized carbons (Fsp3) is 0.308. The van der Waals surface area contributed by atoms with Gasteiger partial charge in [0.15, 0.2) is 0 Å². The van der Waals surface area contributed by atoms with Gasteiger partial charge in [-0.1, -0.05) is 6.07 Å². The first-order valence-corrected chi connectivity index (χ1v) is 6.55. The van der Waals surface area contributed by atoms with Gasteiger partial charge in [-0.05, 0) is 41.9 Å². The molecule has 0 unspecified atom stereocenters. The zero-order valence-electron chi connectivity index (χ0n) is 10.5. The van der Waals surface area contributed by atoms with Crippen LogP contribution >= 0.6 is 15.9 Å². The Kier molecular flexibility index (Phi) is 3.71. The van der Waals surface area contributed by atoms with E-state index >= 15 is 0 Å². The number of halogens is 1. The van der Waals surface area contributed by atoms with Crippen molar-refractivity contribution in [1.82, 2.24) is 0 Å². The van der Waals surface area contributed by atoms with E-state index in [4.69, 9.17) is 4.74 Å². The van der Waals surface area contributed by atoms with E-state index in [0.717, 1.165) is 4.90 Å². The lowest BCUT2D eigenvalue weighted by molar-refractivity contribution is -0.146. The molecule has 2 rings (SSSR count). The molecule has 0 saturated heterocycles. The van der Waals surface area contributed by atoms with E-state index in [2.05, 4.69) is 15.9 Å². The van der Waals surface area contributed by atoms with Crippen molar-refractivity contribution >= 4 is 39.3 Å². The van der Waals surface area contributed by atoms with Crippen molar-refractivity contribution in [1.29, 1.82) is 0 Å². The van der Waals surface area contributed by atoms with E-state index in [0.29, 0.717) is 15.7 Å². The molecule has 0 N–H and O–H groups in total. The number of fused-ring (bicyclic) bond motifs is 1. The molecule has 1 aromatic rings. The summed E-state index contributed by atoms with van der Waals surface area (Å²) < 4.78 is 5.59. The summed E-state index contributed by atoms with van der Waals surface area (Å²) in [6.07, 6.45) is -0.264. The number of carbonyl (C=O) groups excluding carboxylic acids is 3. The summed E-state index contributed by atoms with van der Waals surface area (Å²) >= 11 is 3.29. The highest BCUT2D eigenvalue weighted by molar-refractivity contribution is 9.10. The molecule has 0 atom stereocenters. The predicted molar refractivity (Wildman–Crippen MR) is 72.1 cm³/mol. The molecule has 1 heterocycles. The number of ether oxygens (including phenoxy) is 1. The molecule has 1 aromatic carbocycles. The van der Waals surface area contributed by atoms with Crippen LogP contribution in [0.25, 0.3) is 0 Å². The molecule has 0 aromatic heterocycles. The van der Waals surface area contributed by atoms with Crippen molar-refractivity contribution in [2.45, 2.75) is 20.0 Å². The van der Waals surface area contributed by atoms with E-state index in [-0.39, 0.29) is 12.6 Å². The van der Waals surface area contributed by atoms with Gasteiger partial charge in [-0.2, -0.15) is 0 Å². The Balaban J connectivity index is 2.31. The second-order valence-electron chi connectivity index (χ2n) is 4.40. The first-order valence-electron chi connectivity index (χ1n) is 5.76. The molecule has 0 spiro atoms. The number of hydrogen-bond donors (Lipinski definition) is 0. The van der Waals surface area contributed by atoms with Crippen LogP contribution in [0.4, 0.5) is 5.69 Å². The lowest BCUT2D eigenvalue weighted by atomic mass is 10.1. The zero-order chi connectivity index (χ0) is 14.2. The van der Waals surface area contributed by atoms with Crippen molar-refractivity contribution in [2.75, 3.05) is 11.4 Å². The molecule has 6 heteroatoms. The number of amides is 1. The second kappa shape index (κ2) is 5.13. The van der Waals surface area contributed by atoms with Crippen LogP contribution in [0.3, 0.4) is 0 Å². The quantitative estimate of drug-likeness (QED) is 0.629. The maximum absolute atomic E-state index is 11.9. The molecule has 19 heavy (non-hydrogen) atoms. The Hall–Kier alpha value is -1.69. The normalized spacial score (nSPS) is 14.0. The second-order valence-corrected chi connectivity index (χ2v) is 5.25. The Bertz CT molecular complexity index is 568. The third-order valence-electron chi connectivity index (χ3n) is 2.60. The van der Waals surface area contributed by atoms with Crippen LogP contribution in [-0.2, 0) is 14.3 Å². The Morgan fingerprint density at radius 3 is 2.68 bits per heavy atom. The van der Waals surface area contributed by atoms with Crippen molar-refractivity contribution < 1.29 is 19.1 Å².